The molecule has 3 rings (SSSR count). The van der Waals surface area contributed by atoms with Gasteiger partial charge in [0.25, 0.3) is 5.91 Å². The molecule has 2 aromatic carbocycles. The summed E-state index contributed by atoms with van der Waals surface area (Å²) in [6, 6.07) is 15.9. The Morgan fingerprint density at radius 3 is 2.53 bits per heavy atom. The molecular weight excluding hydrogens is 404 g/mol. The van der Waals surface area contributed by atoms with Crippen LogP contribution in [-0.4, -0.2) is 31.8 Å². The summed E-state index contributed by atoms with van der Waals surface area (Å²) in [6.07, 6.45) is 1.55. The number of thioether (sulfide) groups is 1. The molecule has 0 radical (unpaired) electrons. The van der Waals surface area contributed by atoms with E-state index >= 15 is 0 Å². The minimum Gasteiger partial charge on any atom is -0.493 e. The third-order valence-electron chi connectivity index (χ3n) is 4.17. The molecule has 3 aromatic rings. The van der Waals surface area contributed by atoms with Gasteiger partial charge in [-0.1, -0.05) is 12.1 Å². The summed E-state index contributed by atoms with van der Waals surface area (Å²) >= 11 is 1.36. The van der Waals surface area contributed by atoms with Crippen molar-refractivity contribution in [1.82, 2.24) is 5.32 Å². The summed E-state index contributed by atoms with van der Waals surface area (Å²) in [5, 5.41) is 5.59. The second kappa shape index (κ2) is 10.4. The molecule has 30 heavy (non-hydrogen) atoms. The SMILES string of the molecule is COc1ccc(SCC(=O)Nc2ccccc2C(=O)NCc2ccco2)cc1OC. The van der Waals surface area contributed by atoms with E-state index in [1.165, 1.54) is 11.8 Å². The normalized spacial score (nSPS) is 10.3. The van der Waals surface area contributed by atoms with Gasteiger partial charge in [0.05, 0.1) is 44.0 Å². The van der Waals surface area contributed by atoms with Gasteiger partial charge in [0.1, 0.15) is 5.76 Å². The number of carbonyl (C=O) groups is 2. The molecule has 0 saturated carbocycles. The Bertz CT molecular complexity index is 1000. The van der Waals surface area contributed by atoms with Crippen LogP contribution < -0.4 is 20.1 Å². The van der Waals surface area contributed by atoms with E-state index in [0.717, 1.165) is 4.90 Å². The average molecular weight is 426 g/mol. The third kappa shape index (κ3) is 5.57. The minimum atomic E-state index is -0.296. The number of amides is 2. The molecule has 0 saturated heterocycles. The predicted octanol–water partition coefficient (Wildman–Crippen LogP) is 3.96. The lowest BCUT2D eigenvalue weighted by atomic mass is 10.1. The maximum absolute atomic E-state index is 12.5. The number of nitrogens with one attached hydrogen (secondary N) is 2. The fourth-order valence-corrected chi connectivity index (χ4v) is 3.43. The second-order valence-corrected chi connectivity index (χ2v) is 7.21. The maximum atomic E-state index is 12.5. The summed E-state index contributed by atoms with van der Waals surface area (Å²) < 4.78 is 15.7. The Hall–Kier alpha value is -3.39. The van der Waals surface area contributed by atoms with Gasteiger partial charge in [-0.2, -0.15) is 0 Å². The lowest BCUT2D eigenvalue weighted by Gasteiger charge is -2.12. The van der Waals surface area contributed by atoms with Crippen LogP contribution in [-0.2, 0) is 11.3 Å². The first-order chi connectivity index (χ1) is 14.6. The zero-order valence-electron chi connectivity index (χ0n) is 16.6. The Morgan fingerprint density at radius 1 is 1.00 bits per heavy atom. The highest BCUT2D eigenvalue weighted by atomic mass is 32.2. The molecule has 156 valence electrons. The van der Waals surface area contributed by atoms with Crippen LogP contribution in [0.25, 0.3) is 0 Å². The van der Waals surface area contributed by atoms with Gasteiger partial charge >= 0.3 is 0 Å². The molecule has 2 amide bonds. The van der Waals surface area contributed by atoms with Crippen molar-refractivity contribution >= 4 is 29.3 Å². The number of anilines is 1. The molecule has 0 spiro atoms. The van der Waals surface area contributed by atoms with Gasteiger partial charge in [-0.25, -0.2) is 0 Å². The number of rotatable bonds is 9. The lowest BCUT2D eigenvalue weighted by Crippen LogP contribution is -2.25. The largest absolute Gasteiger partial charge is 0.493 e. The number of furan rings is 1. The number of hydrogen-bond acceptors (Lipinski definition) is 6. The van der Waals surface area contributed by atoms with Crippen LogP contribution in [0.15, 0.2) is 70.2 Å². The zero-order valence-corrected chi connectivity index (χ0v) is 17.5. The number of methoxy groups -OCH3 is 2. The van der Waals surface area contributed by atoms with E-state index in [2.05, 4.69) is 10.6 Å². The fraction of sp³-hybridized carbons (Fsp3) is 0.182. The van der Waals surface area contributed by atoms with Gasteiger partial charge in [0.15, 0.2) is 11.5 Å². The molecule has 7 nitrogen and oxygen atoms in total. The summed E-state index contributed by atoms with van der Waals surface area (Å²) in [7, 11) is 3.13. The van der Waals surface area contributed by atoms with Crippen LogP contribution in [0.4, 0.5) is 5.69 Å². The number of hydrogen-bond donors (Lipinski definition) is 2. The number of para-hydroxylation sites is 1. The molecule has 0 atom stereocenters. The topological polar surface area (TPSA) is 89.8 Å². The lowest BCUT2D eigenvalue weighted by molar-refractivity contribution is -0.113. The Kier molecular flexibility index (Phi) is 7.40. The van der Waals surface area contributed by atoms with Crippen molar-refractivity contribution in [1.29, 1.82) is 0 Å². The van der Waals surface area contributed by atoms with E-state index in [1.54, 1.807) is 62.9 Å². The highest BCUT2D eigenvalue weighted by molar-refractivity contribution is 8.00. The zero-order chi connectivity index (χ0) is 21.3. The quantitative estimate of drug-likeness (QED) is 0.504. The number of benzene rings is 2. The molecule has 2 N–H and O–H groups in total. The molecule has 0 aliphatic carbocycles. The molecule has 0 bridgehead atoms. The first-order valence-electron chi connectivity index (χ1n) is 9.15. The van der Waals surface area contributed by atoms with Gasteiger partial charge < -0.3 is 24.5 Å². The van der Waals surface area contributed by atoms with E-state index in [1.807, 2.05) is 12.1 Å². The van der Waals surface area contributed by atoms with E-state index in [9.17, 15) is 9.59 Å². The van der Waals surface area contributed by atoms with Crippen molar-refractivity contribution in [2.24, 2.45) is 0 Å². The van der Waals surface area contributed by atoms with Crippen molar-refractivity contribution < 1.29 is 23.5 Å². The fourth-order valence-electron chi connectivity index (χ4n) is 2.71. The van der Waals surface area contributed by atoms with Gasteiger partial charge in [0, 0.05) is 4.90 Å². The molecule has 0 unspecified atom stereocenters. The van der Waals surface area contributed by atoms with Gasteiger partial charge in [0.2, 0.25) is 5.91 Å². The Labute approximate surface area is 178 Å². The van der Waals surface area contributed by atoms with Crippen LogP contribution in [0.5, 0.6) is 11.5 Å². The van der Waals surface area contributed by atoms with E-state index in [-0.39, 0.29) is 24.1 Å². The van der Waals surface area contributed by atoms with E-state index in [0.29, 0.717) is 28.5 Å². The van der Waals surface area contributed by atoms with Crippen LogP contribution >= 0.6 is 11.8 Å². The van der Waals surface area contributed by atoms with E-state index < -0.39 is 0 Å². The molecule has 1 aromatic heterocycles. The average Bonchev–Trinajstić information content (AvgIpc) is 3.30. The summed E-state index contributed by atoms with van der Waals surface area (Å²) in [6.45, 7) is 0.267. The molecule has 0 aliphatic heterocycles. The van der Waals surface area contributed by atoms with Crippen LogP contribution in [0, 0.1) is 0 Å². The Morgan fingerprint density at radius 2 is 1.80 bits per heavy atom. The number of carbonyl (C=O) groups excluding carboxylic acids is 2. The monoisotopic (exact) mass is 426 g/mol. The number of ether oxygens (including phenoxy) is 2. The summed E-state index contributed by atoms with van der Waals surface area (Å²) in [5.41, 5.74) is 0.834. The van der Waals surface area contributed by atoms with Gasteiger partial charge in [-0.15, -0.1) is 11.8 Å². The van der Waals surface area contributed by atoms with Crippen LogP contribution in [0.1, 0.15) is 16.1 Å². The second-order valence-electron chi connectivity index (χ2n) is 6.16. The van der Waals surface area contributed by atoms with Crippen molar-refractivity contribution in [3.05, 3.63) is 72.2 Å². The van der Waals surface area contributed by atoms with Crippen LogP contribution in [0.2, 0.25) is 0 Å². The first-order valence-corrected chi connectivity index (χ1v) is 10.1. The minimum absolute atomic E-state index is 0.178. The molecule has 0 fully saturated rings. The van der Waals surface area contributed by atoms with Crippen molar-refractivity contribution in [3.8, 4) is 11.5 Å². The first kappa shape index (κ1) is 21.3. The van der Waals surface area contributed by atoms with Gasteiger partial charge in [-0.05, 0) is 42.5 Å². The maximum Gasteiger partial charge on any atom is 0.253 e. The van der Waals surface area contributed by atoms with E-state index in [4.69, 9.17) is 13.9 Å². The van der Waals surface area contributed by atoms with Crippen molar-refractivity contribution in [2.45, 2.75) is 11.4 Å². The molecular formula is C22H22N2O5S. The van der Waals surface area contributed by atoms with Gasteiger partial charge in [-0.3, -0.25) is 9.59 Å². The summed E-state index contributed by atoms with van der Waals surface area (Å²) in [4.78, 5) is 25.8. The highest BCUT2D eigenvalue weighted by Gasteiger charge is 2.14. The third-order valence-corrected chi connectivity index (χ3v) is 5.17. The highest BCUT2D eigenvalue weighted by Crippen LogP contribution is 2.31. The standard InChI is InChI=1S/C22H22N2O5S/c1-27-19-10-9-16(12-20(19)28-2)30-14-21(25)24-18-8-4-3-7-17(18)22(26)23-13-15-6-5-11-29-15/h3-12H,13-14H2,1-2H3,(H,23,26)(H,24,25). The van der Waals surface area contributed by atoms with Crippen LogP contribution in [0.3, 0.4) is 0 Å². The smallest absolute Gasteiger partial charge is 0.253 e. The van der Waals surface area contributed by atoms with Crippen molar-refractivity contribution in [3.63, 3.8) is 0 Å². The van der Waals surface area contributed by atoms with Crippen molar-refractivity contribution in [2.75, 3.05) is 25.3 Å². The molecule has 1 heterocycles. The Balaban J connectivity index is 1.59. The molecule has 0 aliphatic rings. The summed E-state index contributed by atoms with van der Waals surface area (Å²) in [5.74, 6) is 1.53. The molecule has 8 heteroatoms. The predicted molar refractivity (Wildman–Crippen MR) is 115 cm³/mol.